The number of para-hydroxylation sites is 1. The summed E-state index contributed by atoms with van der Waals surface area (Å²) < 4.78 is 40.9. The first kappa shape index (κ1) is 17.2. The molecule has 0 amide bonds. The van der Waals surface area contributed by atoms with Crippen LogP contribution in [0.1, 0.15) is 11.1 Å². The van der Waals surface area contributed by atoms with Gasteiger partial charge in [0.05, 0.1) is 22.6 Å². The molecule has 26 heavy (non-hydrogen) atoms. The maximum atomic E-state index is 13.2. The Bertz CT molecular complexity index is 860. The average molecular weight is 381 g/mol. The number of anilines is 2. The van der Waals surface area contributed by atoms with Crippen LogP contribution in [0, 0.1) is 0 Å². The summed E-state index contributed by atoms with van der Waals surface area (Å²) in [7, 11) is 0. The standard InChI is InChI=1S/C18H16ClF3N4/c19-26-15-4-2-1-3-13(15)17(25-9-7-23-8-10-25)24-14-11-12(18(20,21)22)5-6-16(14)26/h1-6,11,23H,7-10H2. The van der Waals surface area contributed by atoms with Gasteiger partial charge < -0.3 is 10.2 Å². The van der Waals surface area contributed by atoms with E-state index in [1.807, 2.05) is 24.3 Å². The van der Waals surface area contributed by atoms with Crippen molar-refractivity contribution in [1.29, 1.82) is 0 Å². The van der Waals surface area contributed by atoms with Crippen molar-refractivity contribution in [2.24, 2.45) is 4.99 Å². The molecular formula is C18H16ClF3N4. The van der Waals surface area contributed by atoms with E-state index in [4.69, 9.17) is 11.8 Å². The molecule has 0 aromatic heterocycles. The van der Waals surface area contributed by atoms with Gasteiger partial charge in [-0.05, 0) is 30.3 Å². The summed E-state index contributed by atoms with van der Waals surface area (Å²) in [5, 5.41) is 3.27. The third kappa shape index (κ3) is 3.01. The minimum Gasteiger partial charge on any atom is -0.353 e. The monoisotopic (exact) mass is 380 g/mol. The van der Waals surface area contributed by atoms with E-state index in [2.05, 4.69) is 15.2 Å². The van der Waals surface area contributed by atoms with Crippen LogP contribution in [-0.4, -0.2) is 36.9 Å². The number of rotatable bonds is 0. The van der Waals surface area contributed by atoms with Crippen molar-refractivity contribution in [3.63, 3.8) is 0 Å². The van der Waals surface area contributed by atoms with Crippen LogP contribution >= 0.6 is 11.8 Å². The molecule has 0 spiro atoms. The van der Waals surface area contributed by atoms with Gasteiger partial charge in [0.25, 0.3) is 0 Å². The van der Waals surface area contributed by atoms with Gasteiger partial charge in [-0.1, -0.05) is 12.1 Å². The van der Waals surface area contributed by atoms with Gasteiger partial charge in [0.1, 0.15) is 5.84 Å². The van der Waals surface area contributed by atoms with Crippen LogP contribution < -0.4 is 9.74 Å². The second kappa shape index (κ2) is 6.48. The molecule has 0 bridgehead atoms. The molecule has 4 nitrogen and oxygen atoms in total. The molecule has 2 aliphatic heterocycles. The lowest BCUT2D eigenvalue weighted by Crippen LogP contribution is -2.46. The topological polar surface area (TPSA) is 30.9 Å². The number of hydrogen-bond acceptors (Lipinski definition) is 4. The van der Waals surface area contributed by atoms with E-state index < -0.39 is 11.7 Å². The lowest BCUT2D eigenvalue weighted by Gasteiger charge is -2.31. The average Bonchev–Trinajstić information content (AvgIpc) is 2.77. The minimum absolute atomic E-state index is 0.208. The molecule has 0 unspecified atom stereocenters. The first-order chi connectivity index (χ1) is 12.4. The van der Waals surface area contributed by atoms with E-state index in [0.717, 1.165) is 43.9 Å². The van der Waals surface area contributed by atoms with Crippen LogP contribution in [-0.2, 0) is 6.18 Å². The van der Waals surface area contributed by atoms with Gasteiger partial charge in [0, 0.05) is 43.5 Å². The Morgan fingerprint density at radius 2 is 1.73 bits per heavy atom. The molecule has 0 radical (unpaired) electrons. The molecule has 1 fully saturated rings. The lowest BCUT2D eigenvalue weighted by atomic mass is 10.1. The van der Waals surface area contributed by atoms with Gasteiger partial charge in [-0.25, -0.2) is 4.99 Å². The normalized spacial score (nSPS) is 17.3. The first-order valence-corrected chi connectivity index (χ1v) is 8.60. The number of halogens is 4. The summed E-state index contributed by atoms with van der Waals surface area (Å²) in [6, 6.07) is 10.9. The molecule has 8 heteroatoms. The fourth-order valence-corrected chi connectivity index (χ4v) is 3.50. The Morgan fingerprint density at radius 3 is 2.46 bits per heavy atom. The molecular weight excluding hydrogens is 365 g/mol. The number of alkyl halides is 3. The molecule has 4 rings (SSSR count). The van der Waals surface area contributed by atoms with E-state index in [9.17, 15) is 13.2 Å². The van der Waals surface area contributed by atoms with E-state index >= 15 is 0 Å². The smallest absolute Gasteiger partial charge is 0.353 e. The first-order valence-electron chi connectivity index (χ1n) is 8.26. The molecule has 1 N–H and O–H groups in total. The Kier molecular flexibility index (Phi) is 4.28. The highest BCUT2D eigenvalue weighted by Gasteiger charge is 2.33. The van der Waals surface area contributed by atoms with Crippen LogP contribution in [0.15, 0.2) is 47.5 Å². The van der Waals surface area contributed by atoms with E-state index in [0.29, 0.717) is 17.2 Å². The van der Waals surface area contributed by atoms with E-state index in [1.54, 1.807) is 0 Å². The lowest BCUT2D eigenvalue weighted by molar-refractivity contribution is -0.137. The van der Waals surface area contributed by atoms with Crippen LogP contribution in [0.5, 0.6) is 0 Å². The Labute approximate surface area is 154 Å². The predicted octanol–water partition coefficient (Wildman–Crippen LogP) is 4.29. The maximum Gasteiger partial charge on any atom is 0.416 e. The van der Waals surface area contributed by atoms with Crippen LogP contribution in [0.25, 0.3) is 0 Å². The summed E-state index contributed by atoms with van der Waals surface area (Å²) in [5.74, 6) is 0.644. The highest BCUT2D eigenvalue weighted by Crippen LogP contribution is 2.43. The van der Waals surface area contributed by atoms with Crippen molar-refractivity contribution in [1.82, 2.24) is 10.2 Å². The van der Waals surface area contributed by atoms with Gasteiger partial charge in [0.15, 0.2) is 0 Å². The molecule has 2 aromatic carbocycles. The van der Waals surface area contributed by atoms with Crippen molar-refractivity contribution >= 4 is 34.7 Å². The molecule has 0 saturated carbocycles. The summed E-state index contributed by atoms with van der Waals surface area (Å²) in [4.78, 5) is 6.70. The third-order valence-electron chi connectivity index (χ3n) is 4.51. The van der Waals surface area contributed by atoms with Crippen molar-refractivity contribution in [3.05, 3.63) is 53.6 Å². The SMILES string of the molecule is FC(F)(F)c1ccc2c(c1)N=C(N1CCNCC1)c1ccccc1N2Cl. The summed E-state index contributed by atoms with van der Waals surface area (Å²) in [5.41, 5.74) is 1.40. The fourth-order valence-electron chi connectivity index (χ4n) is 3.21. The van der Waals surface area contributed by atoms with Crippen molar-refractivity contribution in [2.75, 3.05) is 30.6 Å². The Balaban J connectivity index is 1.91. The number of piperazine rings is 1. The predicted molar refractivity (Wildman–Crippen MR) is 96.5 cm³/mol. The minimum atomic E-state index is -4.43. The number of aliphatic imine (C=N–C) groups is 1. The Hall–Kier alpha value is -2.25. The van der Waals surface area contributed by atoms with Gasteiger partial charge in [-0.15, -0.1) is 0 Å². The summed E-state index contributed by atoms with van der Waals surface area (Å²) >= 11 is 6.50. The van der Waals surface area contributed by atoms with Crippen molar-refractivity contribution in [2.45, 2.75) is 6.18 Å². The van der Waals surface area contributed by atoms with Crippen LogP contribution in [0.3, 0.4) is 0 Å². The largest absolute Gasteiger partial charge is 0.416 e. The van der Waals surface area contributed by atoms with Gasteiger partial charge >= 0.3 is 6.18 Å². The third-order valence-corrected chi connectivity index (χ3v) is 4.88. The summed E-state index contributed by atoms with van der Waals surface area (Å²) in [6.45, 7) is 3.04. The zero-order chi connectivity index (χ0) is 18.3. The molecule has 2 heterocycles. The number of nitrogens with one attached hydrogen (secondary N) is 1. The second-order valence-electron chi connectivity index (χ2n) is 6.17. The number of fused-ring (bicyclic) bond motifs is 2. The zero-order valence-corrected chi connectivity index (χ0v) is 14.5. The Morgan fingerprint density at radius 1 is 1.00 bits per heavy atom. The second-order valence-corrected chi connectivity index (χ2v) is 6.51. The van der Waals surface area contributed by atoms with Gasteiger partial charge in [-0.3, -0.25) is 4.42 Å². The molecule has 0 aliphatic carbocycles. The van der Waals surface area contributed by atoms with E-state index in [-0.39, 0.29) is 5.69 Å². The van der Waals surface area contributed by atoms with Crippen LogP contribution in [0.4, 0.5) is 30.2 Å². The molecule has 136 valence electrons. The highest BCUT2D eigenvalue weighted by atomic mass is 35.5. The molecule has 1 saturated heterocycles. The van der Waals surface area contributed by atoms with Crippen LogP contribution in [0.2, 0.25) is 0 Å². The zero-order valence-electron chi connectivity index (χ0n) is 13.7. The van der Waals surface area contributed by atoms with E-state index in [1.165, 1.54) is 10.5 Å². The number of nitrogens with zero attached hydrogens (tertiary/aromatic N) is 3. The quantitative estimate of drug-likeness (QED) is 0.691. The number of amidine groups is 1. The maximum absolute atomic E-state index is 13.2. The number of benzene rings is 2. The van der Waals surface area contributed by atoms with Crippen molar-refractivity contribution < 1.29 is 13.2 Å². The van der Waals surface area contributed by atoms with Gasteiger partial charge in [-0.2, -0.15) is 13.2 Å². The van der Waals surface area contributed by atoms with Crippen molar-refractivity contribution in [3.8, 4) is 0 Å². The molecule has 0 atom stereocenters. The highest BCUT2D eigenvalue weighted by molar-refractivity contribution is 6.32. The molecule has 2 aliphatic rings. The van der Waals surface area contributed by atoms with Gasteiger partial charge in [0.2, 0.25) is 0 Å². The summed E-state index contributed by atoms with van der Waals surface area (Å²) in [6.07, 6.45) is -4.43. The number of hydrogen-bond donors (Lipinski definition) is 1. The fraction of sp³-hybridized carbons (Fsp3) is 0.278. The molecule has 2 aromatic rings.